The van der Waals surface area contributed by atoms with Gasteiger partial charge in [0.1, 0.15) is 0 Å². The SMILES string of the molecule is [CH3-].[CH3-].[CH3-].[Pt+4].[Pt].c1cc[cH-]c1. The molecule has 0 nitrogen and oxygen atoms in total. The zero-order valence-electron chi connectivity index (χ0n) is 6.52. The minimum Gasteiger partial charge on any atom is -0.358 e. The molecule has 2 heteroatoms. The van der Waals surface area contributed by atoms with Gasteiger partial charge >= 0.3 is 21.1 Å². The minimum absolute atomic E-state index is 0. The Morgan fingerprint density at radius 3 is 1.20 bits per heavy atom. The first kappa shape index (κ1) is 30.9. The van der Waals surface area contributed by atoms with Gasteiger partial charge in [-0.15, -0.1) is 0 Å². The Balaban J connectivity index is -0.0000000167. The molecule has 0 aromatic heterocycles. The van der Waals surface area contributed by atoms with Crippen molar-refractivity contribution in [3.8, 4) is 0 Å². The molecule has 0 saturated carbocycles. The Hall–Kier alpha value is 0.727. The summed E-state index contributed by atoms with van der Waals surface area (Å²) in [6.45, 7) is 0. The minimum atomic E-state index is 0. The largest absolute Gasteiger partial charge is 4.00 e. The first-order chi connectivity index (χ1) is 2.50. The summed E-state index contributed by atoms with van der Waals surface area (Å²) in [5.41, 5.74) is 0. The molecule has 10 heavy (non-hydrogen) atoms. The van der Waals surface area contributed by atoms with Crippen LogP contribution in [0.2, 0.25) is 0 Å². The van der Waals surface area contributed by atoms with E-state index in [2.05, 4.69) is 0 Å². The van der Waals surface area contributed by atoms with Crippen LogP contribution in [-0.4, -0.2) is 0 Å². The standard InChI is InChI=1S/C5H5.3CH3.2Pt/c1-2-4-5-3-1;;;;;/h1-5H;3*1H3;;/q4*-1;;+4. The molecule has 1 aromatic carbocycles. The van der Waals surface area contributed by atoms with Crippen LogP contribution in [0.15, 0.2) is 30.3 Å². The third-order valence-corrected chi connectivity index (χ3v) is 0.556. The van der Waals surface area contributed by atoms with Gasteiger partial charge in [0.2, 0.25) is 0 Å². The van der Waals surface area contributed by atoms with E-state index in [0.717, 1.165) is 0 Å². The monoisotopic (exact) mass is 500 g/mol. The Morgan fingerprint density at radius 2 is 1.10 bits per heavy atom. The molecule has 0 heterocycles. The summed E-state index contributed by atoms with van der Waals surface area (Å²) in [6.07, 6.45) is 0. The van der Waals surface area contributed by atoms with Crippen molar-refractivity contribution in [1.29, 1.82) is 0 Å². The molecular formula is C8H14Pt2. The smallest absolute Gasteiger partial charge is 0.358 e. The van der Waals surface area contributed by atoms with E-state index >= 15 is 0 Å². The van der Waals surface area contributed by atoms with Crippen LogP contribution in [0, 0.1) is 22.3 Å². The van der Waals surface area contributed by atoms with Crippen LogP contribution in [0.4, 0.5) is 0 Å². The molecule has 0 aliphatic rings. The average molecular weight is 500 g/mol. The van der Waals surface area contributed by atoms with Crippen molar-refractivity contribution in [1.82, 2.24) is 0 Å². The van der Waals surface area contributed by atoms with Crippen molar-refractivity contribution in [2.75, 3.05) is 0 Å². The average Bonchev–Trinajstić information content (AvgIpc) is 1.76. The summed E-state index contributed by atoms with van der Waals surface area (Å²) >= 11 is 0. The molecule has 66 valence electrons. The summed E-state index contributed by atoms with van der Waals surface area (Å²) in [6, 6.07) is 10.0. The van der Waals surface area contributed by atoms with E-state index in [4.69, 9.17) is 0 Å². The number of hydrogen-bond donors (Lipinski definition) is 0. The Bertz CT molecular complexity index is 63.7. The van der Waals surface area contributed by atoms with Gasteiger partial charge < -0.3 is 22.3 Å². The quantitative estimate of drug-likeness (QED) is 0.481. The number of rotatable bonds is 0. The van der Waals surface area contributed by atoms with E-state index in [9.17, 15) is 0 Å². The van der Waals surface area contributed by atoms with Crippen molar-refractivity contribution in [2.24, 2.45) is 0 Å². The van der Waals surface area contributed by atoms with Gasteiger partial charge in [-0.05, 0) is 0 Å². The molecule has 0 radical (unpaired) electrons. The molecule has 0 fully saturated rings. The molecular weight excluding hydrogens is 486 g/mol. The third kappa shape index (κ3) is 15.9. The molecule has 0 amide bonds. The first-order valence-corrected chi connectivity index (χ1v) is 1.67. The fraction of sp³-hybridized carbons (Fsp3) is 0. The second-order valence-electron chi connectivity index (χ2n) is 0.962. The number of hydrogen-bond acceptors (Lipinski definition) is 0. The Morgan fingerprint density at radius 1 is 0.800 bits per heavy atom. The van der Waals surface area contributed by atoms with Crippen LogP contribution in [-0.2, 0) is 42.1 Å². The molecule has 1 aromatic rings. The summed E-state index contributed by atoms with van der Waals surface area (Å²) in [5.74, 6) is 0. The van der Waals surface area contributed by atoms with Gasteiger partial charge in [-0.25, -0.2) is 12.1 Å². The van der Waals surface area contributed by atoms with Gasteiger partial charge in [0.05, 0.1) is 0 Å². The normalized spacial score (nSPS) is 4.00. The third-order valence-electron chi connectivity index (χ3n) is 0.556. The second kappa shape index (κ2) is 22.6. The zero-order valence-corrected chi connectivity index (χ0v) is 11.1. The summed E-state index contributed by atoms with van der Waals surface area (Å²) < 4.78 is 0. The van der Waals surface area contributed by atoms with Gasteiger partial charge in [-0.2, -0.15) is 18.2 Å². The summed E-state index contributed by atoms with van der Waals surface area (Å²) in [7, 11) is 0. The maximum atomic E-state index is 2.00. The van der Waals surface area contributed by atoms with Gasteiger partial charge in [0.25, 0.3) is 0 Å². The van der Waals surface area contributed by atoms with Gasteiger partial charge in [-0.1, -0.05) is 0 Å². The molecule has 0 aliphatic carbocycles. The molecule has 1 rings (SSSR count). The van der Waals surface area contributed by atoms with Crippen molar-refractivity contribution in [3.63, 3.8) is 0 Å². The zero-order chi connectivity index (χ0) is 3.54. The maximum absolute atomic E-state index is 2.00. The Labute approximate surface area is 94.3 Å². The Kier molecular flexibility index (Phi) is 69.9. The van der Waals surface area contributed by atoms with Crippen molar-refractivity contribution in [3.05, 3.63) is 52.6 Å². The summed E-state index contributed by atoms with van der Waals surface area (Å²) in [4.78, 5) is 0. The van der Waals surface area contributed by atoms with E-state index in [1.807, 2.05) is 30.3 Å². The van der Waals surface area contributed by atoms with Gasteiger partial charge in [-0.3, -0.25) is 0 Å². The molecule has 0 bridgehead atoms. The molecule has 0 saturated heterocycles. The van der Waals surface area contributed by atoms with Gasteiger partial charge in [0.15, 0.2) is 0 Å². The van der Waals surface area contributed by atoms with Gasteiger partial charge in [0, 0.05) is 21.1 Å². The molecule has 0 atom stereocenters. The van der Waals surface area contributed by atoms with E-state index in [-0.39, 0.29) is 64.4 Å². The summed E-state index contributed by atoms with van der Waals surface area (Å²) in [5, 5.41) is 0. The molecule has 0 spiro atoms. The molecule has 0 aliphatic heterocycles. The van der Waals surface area contributed by atoms with E-state index in [1.54, 1.807) is 0 Å². The van der Waals surface area contributed by atoms with Crippen molar-refractivity contribution in [2.45, 2.75) is 0 Å². The molecule has 0 unspecified atom stereocenters. The second-order valence-corrected chi connectivity index (χ2v) is 0.962. The maximum Gasteiger partial charge on any atom is 4.00 e. The fourth-order valence-electron chi connectivity index (χ4n) is 0.321. The van der Waals surface area contributed by atoms with Crippen LogP contribution >= 0.6 is 0 Å². The predicted octanol–water partition coefficient (Wildman–Crippen LogP) is 2.75. The first-order valence-electron chi connectivity index (χ1n) is 1.67. The van der Waals surface area contributed by atoms with E-state index < -0.39 is 0 Å². The topological polar surface area (TPSA) is 0 Å². The van der Waals surface area contributed by atoms with Crippen LogP contribution in [0.25, 0.3) is 0 Å². The van der Waals surface area contributed by atoms with E-state index in [0.29, 0.717) is 0 Å². The van der Waals surface area contributed by atoms with Crippen LogP contribution in [0.5, 0.6) is 0 Å². The fourth-order valence-corrected chi connectivity index (χ4v) is 0.321. The van der Waals surface area contributed by atoms with Crippen LogP contribution < -0.4 is 0 Å². The van der Waals surface area contributed by atoms with Crippen molar-refractivity contribution < 1.29 is 42.1 Å². The predicted molar refractivity (Wildman–Crippen MR) is 41.3 cm³/mol. The van der Waals surface area contributed by atoms with Crippen LogP contribution in [0.1, 0.15) is 0 Å². The van der Waals surface area contributed by atoms with E-state index in [1.165, 1.54) is 0 Å². The van der Waals surface area contributed by atoms with Crippen LogP contribution in [0.3, 0.4) is 0 Å². The molecule has 0 N–H and O–H groups in total. The van der Waals surface area contributed by atoms with Crippen molar-refractivity contribution >= 4 is 0 Å².